The molecule has 0 saturated carbocycles. The summed E-state index contributed by atoms with van der Waals surface area (Å²) in [5, 5.41) is 36.1. The van der Waals surface area contributed by atoms with E-state index in [1.165, 1.54) is 0 Å². The van der Waals surface area contributed by atoms with Crippen LogP contribution >= 0.6 is 0 Å². The quantitative estimate of drug-likeness (QED) is 0.393. The Morgan fingerprint density at radius 2 is 1.69 bits per heavy atom. The number of ether oxygens (including phenoxy) is 2. The lowest BCUT2D eigenvalue weighted by Crippen LogP contribution is -2.46. The maximum absolute atomic E-state index is 9.35. The summed E-state index contributed by atoms with van der Waals surface area (Å²) in [4.78, 5) is 0. The molecule has 0 spiro atoms. The first-order valence-corrected chi connectivity index (χ1v) is 4.05. The van der Waals surface area contributed by atoms with Gasteiger partial charge in [0.05, 0.1) is 19.8 Å². The normalized spacial score (nSPS) is 25.8. The van der Waals surface area contributed by atoms with E-state index in [0.29, 0.717) is 13.2 Å². The molecule has 1 fully saturated rings. The Bertz CT molecular complexity index is 146. The average molecular weight is 194 g/mol. The number of rotatable bonds is 4. The molecule has 3 atom stereocenters. The maximum Gasteiger partial charge on any atom is 0.186 e. The summed E-state index contributed by atoms with van der Waals surface area (Å²) >= 11 is 0. The third-order valence-corrected chi connectivity index (χ3v) is 1.86. The lowest BCUT2D eigenvalue weighted by Gasteiger charge is -2.24. The van der Waals surface area contributed by atoms with Gasteiger partial charge in [0.15, 0.2) is 6.29 Å². The Kier molecular flexibility index (Phi) is 4.04. The van der Waals surface area contributed by atoms with Crippen molar-refractivity contribution in [3.63, 3.8) is 0 Å². The van der Waals surface area contributed by atoms with Crippen molar-refractivity contribution in [1.29, 1.82) is 0 Å². The van der Waals surface area contributed by atoms with Crippen LogP contribution in [0.1, 0.15) is 0 Å². The van der Waals surface area contributed by atoms with Crippen LogP contribution in [0.15, 0.2) is 0 Å². The van der Waals surface area contributed by atoms with Gasteiger partial charge in [-0.05, 0) is 0 Å². The zero-order chi connectivity index (χ0) is 9.84. The van der Waals surface area contributed by atoms with Crippen LogP contribution in [0.25, 0.3) is 0 Å². The predicted octanol–water partition coefficient (Wildman–Crippen LogP) is -2.57. The summed E-state index contributed by atoms with van der Waals surface area (Å²) in [5.41, 5.74) is 0. The topological polar surface area (TPSA) is 99.4 Å². The smallest absolute Gasteiger partial charge is 0.186 e. The minimum Gasteiger partial charge on any atom is -0.394 e. The van der Waals surface area contributed by atoms with E-state index in [0.717, 1.165) is 0 Å². The highest BCUT2D eigenvalue weighted by atomic mass is 16.7. The van der Waals surface area contributed by atoms with Crippen molar-refractivity contribution in [1.82, 2.24) is 0 Å². The Balaban J connectivity index is 2.40. The van der Waals surface area contributed by atoms with Crippen LogP contribution in [0.5, 0.6) is 0 Å². The van der Waals surface area contributed by atoms with Crippen molar-refractivity contribution in [2.45, 2.75) is 24.6 Å². The van der Waals surface area contributed by atoms with Crippen LogP contribution in [0, 0.1) is 0 Å². The second kappa shape index (κ2) is 4.85. The number of hydrogen-bond donors (Lipinski definition) is 4. The molecule has 1 heterocycles. The molecule has 13 heavy (non-hydrogen) atoms. The lowest BCUT2D eigenvalue weighted by molar-refractivity contribution is -0.178. The lowest BCUT2D eigenvalue weighted by atomic mass is 10.1. The molecular formula is C7H14O6. The first-order chi connectivity index (χ1) is 6.16. The molecule has 6 heteroatoms. The molecule has 0 aromatic carbocycles. The molecule has 4 N–H and O–H groups in total. The Morgan fingerprint density at radius 1 is 1.15 bits per heavy atom. The van der Waals surface area contributed by atoms with Gasteiger partial charge in [0.2, 0.25) is 0 Å². The maximum atomic E-state index is 9.35. The van der Waals surface area contributed by atoms with Gasteiger partial charge in [-0.2, -0.15) is 0 Å². The summed E-state index contributed by atoms with van der Waals surface area (Å²) in [6.45, 7) is 0.0816. The SMILES string of the molecule is OC[C@@H](O)[C@H](O)[C@@H](O)C1OCCO1. The Hall–Kier alpha value is -0.240. The molecule has 1 saturated heterocycles. The van der Waals surface area contributed by atoms with Gasteiger partial charge in [0.1, 0.15) is 18.3 Å². The zero-order valence-corrected chi connectivity index (χ0v) is 7.04. The molecule has 1 aliphatic rings. The van der Waals surface area contributed by atoms with Gasteiger partial charge in [-0.1, -0.05) is 0 Å². The summed E-state index contributed by atoms with van der Waals surface area (Å²) in [5.74, 6) is 0. The minimum absolute atomic E-state index is 0.351. The van der Waals surface area contributed by atoms with E-state index in [4.69, 9.17) is 19.7 Å². The summed E-state index contributed by atoms with van der Waals surface area (Å²) in [7, 11) is 0. The molecule has 0 aromatic rings. The fourth-order valence-electron chi connectivity index (χ4n) is 1.07. The van der Waals surface area contributed by atoms with Crippen LogP contribution in [0.4, 0.5) is 0 Å². The minimum atomic E-state index is -1.46. The van der Waals surface area contributed by atoms with Gasteiger partial charge < -0.3 is 29.9 Å². The van der Waals surface area contributed by atoms with Gasteiger partial charge in [0.25, 0.3) is 0 Å². The van der Waals surface area contributed by atoms with Crippen molar-refractivity contribution < 1.29 is 29.9 Å². The third-order valence-electron chi connectivity index (χ3n) is 1.86. The summed E-state index contributed by atoms with van der Waals surface area (Å²) in [6.07, 6.45) is -5.11. The molecule has 6 nitrogen and oxygen atoms in total. The van der Waals surface area contributed by atoms with Gasteiger partial charge in [0, 0.05) is 0 Å². The molecule has 0 unspecified atom stereocenters. The van der Waals surface area contributed by atoms with Gasteiger partial charge in [-0.3, -0.25) is 0 Å². The standard InChI is InChI=1S/C7H14O6/c8-3-4(9)5(10)6(11)7-12-1-2-13-7/h4-11H,1-3H2/t4-,5+,6-/m1/s1. The van der Waals surface area contributed by atoms with Gasteiger partial charge >= 0.3 is 0 Å². The highest BCUT2D eigenvalue weighted by Gasteiger charge is 2.34. The zero-order valence-electron chi connectivity index (χ0n) is 7.04. The van der Waals surface area contributed by atoms with Crippen LogP contribution < -0.4 is 0 Å². The van der Waals surface area contributed by atoms with E-state index in [1.54, 1.807) is 0 Å². The third kappa shape index (κ3) is 2.60. The molecule has 0 radical (unpaired) electrons. The Morgan fingerprint density at radius 3 is 2.15 bits per heavy atom. The fourth-order valence-corrected chi connectivity index (χ4v) is 1.07. The molecular weight excluding hydrogens is 180 g/mol. The van der Waals surface area contributed by atoms with Crippen molar-refractivity contribution in [2.24, 2.45) is 0 Å². The van der Waals surface area contributed by atoms with E-state index in [1.807, 2.05) is 0 Å². The summed E-state index contributed by atoms with van der Waals surface area (Å²) in [6, 6.07) is 0. The van der Waals surface area contributed by atoms with E-state index >= 15 is 0 Å². The number of aliphatic hydroxyl groups excluding tert-OH is 4. The van der Waals surface area contributed by atoms with E-state index in [2.05, 4.69) is 0 Å². The predicted molar refractivity (Wildman–Crippen MR) is 40.8 cm³/mol. The van der Waals surface area contributed by atoms with Crippen LogP contribution in [0.3, 0.4) is 0 Å². The van der Waals surface area contributed by atoms with Crippen molar-refractivity contribution in [3.05, 3.63) is 0 Å². The Labute approximate surface area is 75.3 Å². The monoisotopic (exact) mass is 194 g/mol. The molecule has 1 rings (SSSR count). The van der Waals surface area contributed by atoms with Gasteiger partial charge in [-0.25, -0.2) is 0 Å². The number of hydrogen-bond acceptors (Lipinski definition) is 6. The van der Waals surface area contributed by atoms with Gasteiger partial charge in [-0.15, -0.1) is 0 Å². The van der Waals surface area contributed by atoms with Crippen molar-refractivity contribution in [2.75, 3.05) is 19.8 Å². The average Bonchev–Trinajstić information content (AvgIpc) is 2.67. The molecule has 0 aliphatic carbocycles. The second-order valence-electron chi connectivity index (χ2n) is 2.84. The highest BCUT2D eigenvalue weighted by Crippen LogP contribution is 2.13. The first kappa shape index (κ1) is 10.8. The van der Waals surface area contributed by atoms with E-state index < -0.39 is 31.2 Å². The molecule has 1 aliphatic heterocycles. The molecule has 0 amide bonds. The van der Waals surface area contributed by atoms with Crippen LogP contribution in [-0.2, 0) is 9.47 Å². The van der Waals surface area contributed by atoms with Crippen LogP contribution in [0.2, 0.25) is 0 Å². The molecule has 0 aromatic heterocycles. The van der Waals surface area contributed by atoms with E-state index in [-0.39, 0.29) is 0 Å². The molecule has 78 valence electrons. The molecule has 0 bridgehead atoms. The van der Waals surface area contributed by atoms with E-state index in [9.17, 15) is 10.2 Å². The largest absolute Gasteiger partial charge is 0.394 e. The second-order valence-corrected chi connectivity index (χ2v) is 2.84. The van der Waals surface area contributed by atoms with Crippen molar-refractivity contribution in [3.8, 4) is 0 Å². The van der Waals surface area contributed by atoms with Crippen LogP contribution in [-0.4, -0.2) is 64.8 Å². The highest BCUT2D eigenvalue weighted by molar-refractivity contribution is 4.78. The van der Waals surface area contributed by atoms with Crippen molar-refractivity contribution >= 4 is 0 Å². The first-order valence-electron chi connectivity index (χ1n) is 4.05. The summed E-state index contributed by atoms with van der Waals surface area (Å²) < 4.78 is 9.81. The fraction of sp³-hybridized carbons (Fsp3) is 1.00. The number of aliphatic hydroxyl groups is 4.